The monoisotopic (exact) mass is 354 g/mol. The molecule has 2 saturated carbocycles. The molecule has 1 aromatic carbocycles. The molecule has 7 nitrogen and oxygen atoms in total. The Morgan fingerprint density at radius 1 is 1.38 bits per heavy atom. The van der Waals surface area contributed by atoms with Crippen LogP contribution >= 0.6 is 0 Å². The molecule has 0 radical (unpaired) electrons. The van der Waals surface area contributed by atoms with Crippen LogP contribution in [0.4, 0.5) is 5.69 Å². The molecule has 4 rings (SSSR count). The summed E-state index contributed by atoms with van der Waals surface area (Å²) in [5.74, 6) is 1.81. The average Bonchev–Trinajstić information content (AvgIpc) is 3.38. The second-order valence-electron chi connectivity index (χ2n) is 7.53. The maximum atomic E-state index is 12.6. The van der Waals surface area contributed by atoms with Gasteiger partial charge in [0.05, 0.1) is 11.3 Å². The van der Waals surface area contributed by atoms with E-state index in [0.717, 1.165) is 5.92 Å². The summed E-state index contributed by atoms with van der Waals surface area (Å²) in [7, 11) is 0. The van der Waals surface area contributed by atoms with E-state index < -0.39 is 4.92 Å². The van der Waals surface area contributed by atoms with Crippen LogP contribution in [0.2, 0.25) is 0 Å². The Morgan fingerprint density at radius 2 is 2.23 bits per heavy atom. The number of benzene rings is 1. The van der Waals surface area contributed by atoms with Crippen molar-refractivity contribution in [3.63, 3.8) is 0 Å². The number of hydrogen-bond donors (Lipinski definition) is 1. The molecule has 1 heterocycles. The van der Waals surface area contributed by atoms with Crippen LogP contribution in [0.25, 0.3) is 5.69 Å². The van der Waals surface area contributed by atoms with E-state index in [1.165, 1.54) is 38.1 Å². The molecule has 1 aromatic heterocycles. The Balaban J connectivity index is 1.52. The minimum Gasteiger partial charge on any atom is -0.349 e. The molecular weight excluding hydrogens is 332 g/mol. The summed E-state index contributed by atoms with van der Waals surface area (Å²) in [6, 6.07) is 4.66. The molecule has 4 unspecified atom stereocenters. The molecule has 0 saturated heterocycles. The van der Waals surface area contributed by atoms with Crippen LogP contribution in [0.15, 0.2) is 36.9 Å². The minimum absolute atomic E-state index is 0.0881. The van der Waals surface area contributed by atoms with Gasteiger partial charge in [0.25, 0.3) is 11.6 Å². The average molecular weight is 354 g/mol. The first-order chi connectivity index (χ1) is 12.5. The van der Waals surface area contributed by atoms with Gasteiger partial charge in [0, 0.05) is 30.1 Å². The molecule has 136 valence electrons. The highest BCUT2D eigenvalue weighted by atomic mass is 16.6. The third kappa shape index (κ3) is 2.98. The molecule has 2 aliphatic rings. The standard InChI is InChI=1S/C19H22N4O3/c1-12(16-9-13-2-3-14(16)8-13)21-19(24)15-4-5-17(18(10-15)23(25)26)22-7-6-20-11-22/h4-7,10-14,16H,2-3,8-9H2,1H3,(H,21,24). The van der Waals surface area contributed by atoms with Gasteiger partial charge < -0.3 is 9.88 Å². The number of aromatic nitrogens is 2. The Hall–Kier alpha value is -2.70. The van der Waals surface area contributed by atoms with Crippen molar-refractivity contribution in [1.29, 1.82) is 0 Å². The zero-order valence-corrected chi connectivity index (χ0v) is 14.7. The predicted molar refractivity (Wildman–Crippen MR) is 96.1 cm³/mol. The summed E-state index contributed by atoms with van der Waals surface area (Å²) in [5.41, 5.74) is 0.601. The van der Waals surface area contributed by atoms with Gasteiger partial charge in [0.2, 0.25) is 0 Å². The second kappa shape index (κ2) is 6.55. The van der Waals surface area contributed by atoms with Crippen molar-refractivity contribution in [3.8, 4) is 5.69 Å². The number of nitrogens with one attached hydrogen (secondary N) is 1. The third-order valence-electron chi connectivity index (χ3n) is 6.01. The molecule has 1 amide bonds. The molecular formula is C19H22N4O3. The van der Waals surface area contributed by atoms with Gasteiger partial charge in [-0.25, -0.2) is 4.98 Å². The van der Waals surface area contributed by atoms with Gasteiger partial charge in [-0.2, -0.15) is 0 Å². The lowest BCUT2D eigenvalue weighted by Gasteiger charge is -2.28. The fourth-order valence-corrected chi connectivity index (χ4v) is 4.73. The minimum atomic E-state index is -0.467. The number of rotatable bonds is 5. The molecule has 2 fully saturated rings. The van der Waals surface area contributed by atoms with E-state index in [-0.39, 0.29) is 17.6 Å². The number of amides is 1. The summed E-state index contributed by atoms with van der Waals surface area (Å²) in [4.78, 5) is 27.5. The Morgan fingerprint density at radius 3 is 2.85 bits per heavy atom. The number of nitro groups is 1. The Bertz CT molecular complexity index is 833. The number of fused-ring (bicyclic) bond motifs is 2. The van der Waals surface area contributed by atoms with Crippen LogP contribution in [-0.4, -0.2) is 26.4 Å². The highest BCUT2D eigenvalue weighted by Gasteiger charge is 2.42. The normalized spacial score (nSPS) is 25.2. The van der Waals surface area contributed by atoms with E-state index in [1.54, 1.807) is 29.1 Å². The van der Waals surface area contributed by atoms with Gasteiger partial charge in [0.15, 0.2) is 0 Å². The van der Waals surface area contributed by atoms with Crippen LogP contribution in [0, 0.1) is 27.9 Å². The van der Waals surface area contributed by atoms with Gasteiger partial charge >= 0.3 is 0 Å². The highest BCUT2D eigenvalue weighted by molar-refractivity contribution is 5.95. The van der Waals surface area contributed by atoms with Gasteiger partial charge in [-0.3, -0.25) is 14.9 Å². The highest BCUT2D eigenvalue weighted by Crippen LogP contribution is 2.49. The van der Waals surface area contributed by atoms with Crippen molar-refractivity contribution in [3.05, 3.63) is 52.6 Å². The molecule has 2 aromatic rings. The number of carbonyl (C=O) groups is 1. The molecule has 2 bridgehead atoms. The van der Waals surface area contributed by atoms with Crippen molar-refractivity contribution in [2.24, 2.45) is 17.8 Å². The van der Waals surface area contributed by atoms with Crippen LogP contribution in [0.3, 0.4) is 0 Å². The maximum absolute atomic E-state index is 12.6. The van der Waals surface area contributed by atoms with Crippen molar-refractivity contribution >= 4 is 11.6 Å². The zero-order valence-electron chi connectivity index (χ0n) is 14.7. The zero-order chi connectivity index (χ0) is 18.3. The van der Waals surface area contributed by atoms with E-state index in [2.05, 4.69) is 17.2 Å². The molecule has 1 N–H and O–H groups in total. The number of nitro benzene ring substituents is 1. The SMILES string of the molecule is CC(NC(=O)c1ccc(-n2ccnc2)c([N+](=O)[O-])c1)C1CC2CCC1C2. The number of hydrogen-bond acceptors (Lipinski definition) is 4. The smallest absolute Gasteiger partial charge is 0.294 e. The number of carbonyl (C=O) groups excluding carboxylic acids is 1. The molecule has 2 aliphatic carbocycles. The van der Waals surface area contributed by atoms with E-state index in [9.17, 15) is 14.9 Å². The third-order valence-corrected chi connectivity index (χ3v) is 6.01. The van der Waals surface area contributed by atoms with Gasteiger partial charge in [-0.05, 0) is 56.1 Å². The van der Waals surface area contributed by atoms with Gasteiger partial charge in [0.1, 0.15) is 5.69 Å². The summed E-state index contributed by atoms with van der Waals surface area (Å²) in [6.07, 6.45) is 9.76. The fourth-order valence-electron chi connectivity index (χ4n) is 4.73. The summed E-state index contributed by atoms with van der Waals surface area (Å²) < 4.78 is 1.57. The topological polar surface area (TPSA) is 90.1 Å². The van der Waals surface area contributed by atoms with Crippen LogP contribution in [0.1, 0.15) is 43.0 Å². The van der Waals surface area contributed by atoms with Crippen molar-refractivity contribution in [1.82, 2.24) is 14.9 Å². The molecule has 7 heteroatoms. The summed E-state index contributed by atoms with van der Waals surface area (Å²) in [5, 5.41) is 14.5. The van der Waals surface area contributed by atoms with Gasteiger partial charge in [-0.1, -0.05) is 6.42 Å². The summed E-state index contributed by atoms with van der Waals surface area (Å²) >= 11 is 0. The van der Waals surface area contributed by atoms with E-state index in [0.29, 0.717) is 23.1 Å². The first kappa shape index (κ1) is 16.8. The lowest BCUT2D eigenvalue weighted by Crippen LogP contribution is -2.40. The van der Waals surface area contributed by atoms with Crippen LogP contribution < -0.4 is 5.32 Å². The number of nitrogens with zero attached hydrogens (tertiary/aromatic N) is 3. The largest absolute Gasteiger partial charge is 0.349 e. The van der Waals surface area contributed by atoms with E-state index in [4.69, 9.17) is 0 Å². The molecule has 4 atom stereocenters. The lowest BCUT2D eigenvalue weighted by atomic mass is 9.84. The van der Waals surface area contributed by atoms with Crippen LogP contribution in [-0.2, 0) is 0 Å². The molecule has 26 heavy (non-hydrogen) atoms. The molecule has 0 aliphatic heterocycles. The van der Waals surface area contributed by atoms with Crippen molar-refractivity contribution in [2.45, 2.75) is 38.6 Å². The van der Waals surface area contributed by atoms with E-state index in [1.807, 2.05) is 0 Å². The van der Waals surface area contributed by atoms with Gasteiger partial charge in [-0.15, -0.1) is 0 Å². The fraction of sp³-hybridized carbons (Fsp3) is 0.474. The second-order valence-corrected chi connectivity index (χ2v) is 7.53. The first-order valence-corrected chi connectivity index (χ1v) is 9.10. The first-order valence-electron chi connectivity index (χ1n) is 9.10. The number of imidazole rings is 1. The maximum Gasteiger partial charge on any atom is 0.294 e. The van der Waals surface area contributed by atoms with E-state index >= 15 is 0 Å². The Kier molecular flexibility index (Phi) is 4.22. The predicted octanol–water partition coefficient (Wildman–Crippen LogP) is 3.34. The van der Waals surface area contributed by atoms with Crippen molar-refractivity contribution in [2.75, 3.05) is 0 Å². The Labute approximate surface area is 151 Å². The molecule has 0 spiro atoms. The summed E-state index contributed by atoms with van der Waals surface area (Å²) in [6.45, 7) is 2.05. The lowest BCUT2D eigenvalue weighted by molar-refractivity contribution is -0.384. The quantitative estimate of drug-likeness (QED) is 0.659. The van der Waals surface area contributed by atoms with Crippen molar-refractivity contribution < 1.29 is 9.72 Å². The van der Waals surface area contributed by atoms with Crippen LogP contribution in [0.5, 0.6) is 0 Å².